The maximum absolute atomic E-state index is 12.1. The number of benzene rings is 2. The second-order valence-electron chi connectivity index (χ2n) is 5.63. The molecule has 0 aliphatic carbocycles. The predicted molar refractivity (Wildman–Crippen MR) is 89.5 cm³/mol. The van der Waals surface area contributed by atoms with Crippen molar-refractivity contribution >= 4 is 11.9 Å². The third kappa shape index (κ3) is 4.68. The quantitative estimate of drug-likeness (QED) is 0.855. The van der Waals surface area contributed by atoms with Gasteiger partial charge in [-0.2, -0.15) is 5.26 Å². The molecule has 1 atom stereocenters. The van der Waals surface area contributed by atoms with E-state index in [1.54, 1.807) is 18.2 Å². The van der Waals surface area contributed by atoms with Gasteiger partial charge in [-0.05, 0) is 37.1 Å². The Hall–Kier alpha value is -3.13. The molecule has 2 rings (SSSR count). The van der Waals surface area contributed by atoms with E-state index in [0.29, 0.717) is 17.5 Å². The van der Waals surface area contributed by atoms with E-state index in [9.17, 15) is 14.7 Å². The topological polar surface area (TPSA) is 90.2 Å². The van der Waals surface area contributed by atoms with Crippen molar-refractivity contribution < 1.29 is 14.7 Å². The monoisotopic (exact) mass is 322 g/mol. The van der Waals surface area contributed by atoms with Crippen molar-refractivity contribution in [2.75, 3.05) is 6.54 Å². The van der Waals surface area contributed by atoms with E-state index in [0.717, 1.165) is 11.1 Å². The second kappa shape index (κ2) is 7.93. The molecule has 0 unspecified atom stereocenters. The van der Waals surface area contributed by atoms with Gasteiger partial charge in [0.25, 0.3) is 5.91 Å². The molecule has 0 fully saturated rings. The van der Waals surface area contributed by atoms with E-state index >= 15 is 0 Å². The Kier molecular flexibility index (Phi) is 5.69. The average Bonchev–Trinajstić information content (AvgIpc) is 2.58. The first-order chi connectivity index (χ1) is 11.5. The van der Waals surface area contributed by atoms with E-state index < -0.39 is 11.9 Å². The molecule has 0 radical (unpaired) electrons. The smallest absolute Gasteiger partial charge is 0.308 e. The van der Waals surface area contributed by atoms with Gasteiger partial charge in [0.1, 0.15) is 0 Å². The van der Waals surface area contributed by atoms with E-state index in [1.807, 2.05) is 37.3 Å². The summed E-state index contributed by atoms with van der Waals surface area (Å²) in [6.45, 7) is 1.97. The molecule has 2 aromatic rings. The molecule has 2 aromatic carbocycles. The lowest BCUT2D eigenvalue weighted by Gasteiger charge is -2.14. The van der Waals surface area contributed by atoms with Crippen LogP contribution in [0, 0.1) is 24.2 Å². The standard InChI is InChI=1S/C19H18N2O3/c1-13-4-2-5-14(8-13)9-17(19(23)24)12-21-18(22)16-7-3-6-15(10-16)11-20/h2-8,10,17H,9,12H2,1H3,(H,21,22)(H,23,24)/t17-/m0/s1. The van der Waals surface area contributed by atoms with Gasteiger partial charge in [0, 0.05) is 12.1 Å². The van der Waals surface area contributed by atoms with E-state index in [4.69, 9.17) is 5.26 Å². The SMILES string of the molecule is Cc1cccc(C[C@@H](CNC(=O)c2cccc(C#N)c2)C(=O)O)c1. The number of carbonyl (C=O) groups is 2. The van der Waals surface area contributed by atoms with Crippen molar-refractivity contribution in [3.63, 3.8) is 0 Å². The van der Waals surface area contributed by atoms with Crippen LogP contribution >= 0.6 is 0 Å². The van der Waals surface area contributed by atoms with Crippen LogP contribution in [0.15, 0.2) is 48.5 Å². The Morgan fingerprint density at radius 1 is 1.21 bits per heavy atom. The third-order valence-electron chi connectivity index (χ3n) is 3.68. The number of carboxylic acids is 1. The van der Waals surface area contributed by atoms with Crippen LogP contribution in [0.5, 0.6) is 0 Å². The van der Waals surface area contributed by atoms with Gasteiger partial charge in [0.15, 0.2) is 0 Å². The minimum atomic E-state index is -0.956. The largest absolute Gasteiger partial charge is 0.481 e. The van der Waals surface area contributed by atoms with Crippen LogP contribution < -0.4 is 5.32 Å². The third-order valence-corrected chi connectivity index (χ3v) is 3.68. The molecule has 0 saturated carbocycles. The first kappa shape index (κ1) is 17.2. The number of carboxylic acid groups (broad SMARTS) is 1. The number of rotatable bonds is 6. The number of nitrogens with one attached hydrogen (secondary N) is 1. The number of aryl methyl sites for hydroxylation is 1. The van der Waals surface area contributed by atoms with Crippen LogP contribution in [0.25, 0.3) is 0 Å². The zero-order valence-electron chi connectivity index (χ0n) is 13.3. The number of hydrogen-bond acceptors (Lipinski definition) is 3. The number of nitriles is 1. The van der Waals surface area contributed by atoms with Gasteiger partial charge >= 0.3 is 5.97 Å². The van der Waals surface area contributed by atoms with Gasteiger partial charge in [0.2, 0.25) is 0 Å². The van der Waals surface area contributed by atoms with E-state index in [1.165, 1.54) is 6.07 Å². The number of hydrogen-bond donors (Lipinski definition) is 2. The zero-order valence-corrected chi connectivity index (χ0v) is 13.3. The molecule has 0 bridgehead atoms. The van der Waals surface area contributed by atoms with Crippen molar-refractivity contribution in [3.05, 3.63) is 70.8 Å². The molecule has 0 aliphatic rings. The predicted octanol–water partition coefficient (Wildman–Crippen LogP) is 2.54. The van der Waals surface area contributed by atoms with Crippen LogP contribution in [0.4, 0.5) is 0 Å². The van der Waals surface area contributed by atoms with E-state index in [-0.39, 0.29) is 12.5 Å². The van der Waals surface area contributed by atoms with Gasteiger partial charge in [0.05, 0.1) is 17.6 Å². The van der Waals surface area contributed by atoms with Crippen molar-refractivity contribution in [2.24, 2.45) is 5.92 Å². The lowest BCUT2D eigenvalue weighted by Crippen LogP contribution is -2.34. The Labute approximate surface area is 140 Å². The maximum atomic E-state index is 12.1. The molecule has 5 nitrogen and oxygen atoms in total. The molecule has 0 spiro atoms. The second-order valence-corrected chi connectivity index (χ2v) is 5.63. The number of amides is 1. The molecule has 1 amide bonds. The van der Waals surface area contributed by atoms with Crippen molar-refractivity contribution in [1.29, 1.82) is 5.26 Å². The first-order valence-corrected chi connectivity index (χ1v) is 7.56. The molecule has 0 saturated heterocycles. The highest BCUT2D eigenvalue weighted by Gasteiger charge is 2.19. The highest BCUT2D eigenvalue weighted by atomic mass is 16.4. The van der Waals surface area contributed by atoms with Crippen molar-refractivity contribution in [3.8, 4) is 6.07 Å². The van der Waals surface area contributed by atoms with Gasteiger partial charge in [-0.3, -0.25) is 9.59 Å². The van der Waals surface area contributed by atoms with Crippen LogP contribution in [-0.2, 0) is 11.2 Å². The molecule has 24 heavy (non-hydrogen) atoms. The van der Waals surface area contributed by atoms with Crippen LogP contribution in [0.2, 0.25) is 0 Å². The molecule has 0 heterocycles. The zero-order chi connectivity index (χ0) is 17.5. The summed E-state index contributed by atoms with van der Waals surface area (Å²) in [5.41, 5.74) is 2.71. The van der Waals surface area contributed by atoms with Crippen molar-refractivity contribution in [2.45, 2.75) is 13.3 Å². The number of carbonyl (C=O) groups excluding carboxylic acids is 1. The minimum Gasteiger partial charge on any atom is -0.481 e. The molecule has 0 aliphatic heterocycles. The van der Waals surface area contributed by atoms with Gasteiger partial charge in [-0.15, -0.1) is 0 Å². The summed E-state index contributed by atoms with van der Waals surface area (Å²) in [7, 11) is 0. The van der Waals surface area contributed by atoms with E-state index in [2.05, 4.69) is 5.32 Å². The summed E-state index contributed by atoms with van der Waals surface area (Å²) in [4.78, 5) is 23.6. The summed E-state index contributed by atoms with van der Waals surface area (Å²) < 4.78 is 0. The van der Waals surface area contributed by atoms with Crippen LogP contribution in [0.1, 0.15) is 27.0 Å². The Morgan fingerprint density at radius 2 is 1.96 bits per heavy atom. The van der Waals surface area contributed by atoms with Gasteiger partial charge in [-0.1, -0.05) is 35.9 Å². The fourth-order valence-electron chi connectivity index (χ4n) is 2.42. The van der Waals surface area contributed by atoms with Gasteiger partial charge < -0.3 is 10.4 Å². The first-order valence-electron chi connectivity index (χ1n) is 7.56. The lowest BCUT2D eigenvalue weighted by atomic mass is 9.98. The normalized spacial score (nSPS) is 11.3. The number of aliphatic carboxylic acids is 1. The summed E-state index contributed by atoms with van der Waals surface area (Å²) in [5, 5.41) is 20.9. The highest BCUT2D eigenvalue weighted by Crippen LogP contribution is 2.11. The van der Waals surface area contributed by atoms with Crippen molar-refractivity contribution in [1.82, 2.24) is 5.32 Å². The van der Waals surface area contributed by atoms with Crippen LogP contribution in [0.3, 0.4) is 0 Å². The maximum Gasteiger partial charge on any atom is 0.308 e. The minimum absolute atomic E-state index is 0.0267. The Morgan fingerprint density at radius 3 is 2.62 bits per heavy atom. The molecular weight excluding hydrogens is 304 g/mol. The Bertz CT molecular complexity index is 793. The fourth-order valence-corrected chi connectivity index (χ4v) is 2.42. The summed E-state index contributed by atoms with van der Waals surface area (Å²) in [6.07, 6.45) is 0.343. The molecule has 0 aromatic heterocycles. The number of nitrogens with zero attached hydrogens (tertiary/aromatic N) is 1. The summed E-state index contributed by atoms with van der Waals surface area (Å²) in [5.74, 6) is -2.06. The molecule has 122 valence electrons. The summed E-state index contributed by atoms with van der Waals surface area (Å²) >= 11 is 0. The highest BCUT2D eigenvalue weighted by molar-refractivity contribution is 5.94. The van der Waals surface area contributed by atoms with Gasteiger partial charge in [-0.25, -0.2) is 0 Å². The van der Waals surface area contributed by atoms with Crippen LogP contribution in [-0.4, -0.2) is 23.5 Å². The fraction of sp³-hybridized carbons (Fsp3) is 0.211. The molecule has 5 heteroatoms. The lowest BCUT2D eigenvalue weighted by molar-refractivity contribution is -0.141. The molecular formula is C19H18N2O3. The summed E-state index contributed by atoms with van der Waals surface area (Å²) in [6, 6.07) is 15.9. The molecule has 2 N–H and O–H groups in total. The Balaban J connectivity index is 2.02. The average molecular weight is 322 g/mol.